The van der Waals surface area contributed by atoms with Gasteiger partial charge in [-0.1, -0.05) is 85.8 Å². The van der Waals surface area contributed by atoms with Crippen LogP contribution in [0.3, 0.4) is 0 Å². The predicted molar refractivity (Wildman–Crippen MR) is 96.3 cm³/mol. The van der Waals surface area contributed by atoms with E-state index in [1.807, 2.05) is 48.5 Å². The lowest BCUT2D eigenvalue weighted by Gasteiger charge is -2.09. The molecule has 23 heavy (non-hydrogen) atoms. The first-order valence-electron chi connectivity index (χ1n) is 7.87. The fraction of sp³-hybridized carbons (Fsp3) is 0.211. The number of aromatic nitrogens is 3. The Kier molecular flexibility index (Phi) is 5.37. The van der Waals surface area contributed by atoms with Crippen LogP contribution in [0.25, 0.3) is 22.5 Å². The van der Waals surface area contributed by atoms with Gasteiger partial charge in [-0.15, -0.1) is 10.2 Å². The minimum absolute atomic E-state index is 0.747. The van der Waals surface area contributed by atoms with Crippen molar-refractivity contribution >= 4 is 11.8 Å². The molecule has 116 valence electrons. The standard InChI is InChI=1S/C19H19N3S/c1-2-3-14-23-19-20-17(15-10-6-4-7-11-15)18(21-22-19)16-12-8-5-9-13-16/h4-13H,2-3,14H2,1H3. The number of rotatable bonds is 6. The third-order valence-electron chi connectivity index (χ3n) is 3.49. The third kappa shape index (κ3) is 3.96. The minimum Gasteiger partial charge on any atom is -0.219 e. The summed E-state index contributed by atoms with van der Waals surface area (Å²) in [5.74, 6) is 1.02. The molecule has 1 aromatic heterocycles. The molecule has 3 aromatic rings. The molecule has 0 saturated heterocycles. The molecule has 0 saturated carbocycles. The second-order valence-electron chi connectivity index (χ2n) is 5.23. The molecule has 0 aliphatic rings. The highest BCUT2D eigenvalue weighted by Crippen LogP contribution is 2.29. The van der Waals surface area contributed by atoms with E-state index >= 15 is 0 Å². The van der Waals surface area contributed by atoms with Gasteiger partial charge in [0.05, 0.1) is 0 Å². The SMILES string of the molecule is CCCCSc1nnc(-c2ccccc2)c(-c2ccccc2)n1. The van der Waals surface area contributed by atoms with E-state index in [4.69, 9.17) is 4.98 Å². The van der Waals surface area contributed by atoms with E-state index in [0.717, 1.165) is 39.8 Å². The fourth-order valence-electron chi connectivity index (χ4n) is 2.27. The Morgan fingerprint density at radius 2 is 1.39 bits per heavy atom. The number of thioether (sulfide) groups is 1. The molecule has 0 aliphatic heterocycles. The van der Waals surface area contributed by atoms with Crippen LogP contribution in [0.2, 0.25) is 0 Å². The summed E-state index contributed by atoms with van der Waals surface area (Å²) >= 11 is 1.67. The summed E-state index contributed by atoms with van der Waals surface area (Å²) in [6, 6.07) is 20.3. The van der Waals surface area contributed by atoms with Gasteiger partial charge in [0, 0.05) is 16.9 Å². The maximum atomic E-state index is 4.78. The van der Waals surface area contributed by atoms with E-state index in [2.05, 4.69) is 29.3 Å². The second-order valence-corrected chi connectivity index (χ2v) is 6.29. The van der Waals surface area contributed by atoms with Crippen molar-refractivity contribution in [2.24, 2.45) is 0 Å². The van der Waals surface area contributed by atoms with Crippen LogP contribution in [0.1, 0.15) is 19.8 Å². The summed E-state index contributed by atoms with van der Waals surface area (Å²) in [7, 11) is 0. The fourth-order valence-corrected chi connectivity index (χ4v) is 3.14. The molecule has 0 bridgehead atoms. The molecule has 1 heterocycles. The predicted octanol–water partition coefficient (Wildman–Crippen LogP) is 5.10. The molecule has 4 heteroatoms. The summed E-state index contributed by atoms with van der Waals surface area (Å²) in [6.07, 6.45) is 2.34. The highest BCUT2D eigenvalue weighted by Gasteiger charge is 2.13. The molecule has 3 rings (SSSR count). The molecule has 0 spiro atoms. The van der Waals surface area contributed by atoms with Crippen LogP contribution in [0.5, 0.6) is 0 Å². The van der Waals surface area contributed by atoms with E-state index in [1.54, 1.807) is 11.8 Å². The van der Waals surface area contributed by atoms with E-state index in [9.17, 15) is 0 Å². The van der Waals surface area contributed by atoms with Crippen molar-refractivity contribution in [1.82, 2.24) is 15.2 Å². The van der Waals surface area contributed by atoms with Crippen molar-refractivity contribution < 1.29 is 0 Å². The lowest BCUT2D eigenvalue weighted by molar-refractivity contribution is 0.841. The van der Waals surface area contributed by atoms with Gasteiger partial charge in [-0.25, -0.2) is 4.98 Å². The van der Waals surface area contributed by atoms with E-state index in [1.165, 1.54) is 6.42 Å². The molecule has 3 nitrogen and oxygen atoms in total. The minimum atomic E-state index is 0.747. The molecule has 0 N–H and O–H groups in total. The number of nitrogens with zero attached hydrogens (tertiary/aromatic N) is 3. The van der Waals surface area contributed by atoms with Crippen molar-refractivity contribution in [3.8, 4) is 22.5 Å². The number of benzene rings is 2. The summed E-state index contributed by atoms with van der Waals surface area (Å²) in [5, 5.41) is 9.53. The Morgan fingerprint density at radius 3 is 2.00 bits per heavy atom. The van der Waals surface area contributed by atoms with Gasteiger partial charge in [0.15, 0.2) is 0 Å². The molecule has 0 amide bonds. The zero-order chi connectivity index (χ0) is 15.9. The first kappa shape index (κ1) is 15.7. The lowest BCUT2D eigenvalue weighted by Crippen LogP contribution is -1.99. The van der Waals surface area contributed by atoms with Crippen LogP contribution >= 0.6 is 11.8 Å². The number of hydrogen-bond donors (Lipinski definition) is 0. The quantitative estimate of drug-likeness (QED) is 0.468. The zero-order valence-electron chi connectivity index (χ0n) is 13.1. The largest absolute Gasteiger partial charge is 0.219 e. The zero-order valence-corrected chi connectivity index (χ0v) is 14.0. The maximum Gasteiger partial charge on any atom is 0.209 e. The van der Waals surface area contributed by atoms with Crippen LogP contribution in [0.4, 0.5) is 0 Å². The summed E-state index contributed by atoms with van der Waals surface area (Å²) < 4.78 is 0. The van der Waals surface area contributed by atoms with Gasteiger partial charge in [-0.05, 0) is 6.42 Å². The molecule has 2 aromatic carbocycles. The van der Waals surface area contributed by atoms with Crippen molar-refractivity contribution in [3.05, 3.63) is 60.7 Å². The van der Waals surface area contributed by atoms with Gasteiger partial charge in [0.1, 0.15) is 11.4 Å². The Balaban J connectivity index is 2.02. The molecule has 0 atom stereocenters. The van der Waals surface area contributed by atoms with Crippen molar-refractivity contribution in [1.29, 1.82) is 0 Å². The van der Waals surface area contributed by atoms with Gasteiger partial charge in [-0.2, -0.15) is 0 Å². The van der Waals surface area contributed by atoms with Gasteiger partial charge >= 0.3 is 0 Å². The van der Waals surface area contributed by atoms with Crippen LogP contribution in [0.15, 0.2) is 65.8 Å². The molecule has 0 unspecified atom stereocenters. The average molecular weight is 321 g/mol. The molecular formula is C19H19N3S. The summed E-state index contributed by atoms with van der Waals surface area (Å²) in [5.41, 5.74) is 3.83. The maximum absolute atomic E-state index is 4.78. The van der Waals surface area contributed by atoms with Crippen molar-refractivity contribution in [2.75, 3.05) is 5.75 Å². The van der Waals surface area contributed by atoms with E-state index in [-0.39, 0.29) is 0 Å². The smallest absolute Gasteiger partial charge is 0.209 e. The Bertz CT molecular complexity index is 745. The Morgan fingerprint density at radius 1 is 0.783 bits per heavy atom. The molecule has 0 radical (unpaired) electrons. The first-order chi connectivity index (χ1) is 11.4. The van der Waals surface area contributed by atoms with Crippen LogP contribution in [-0.2, 0) is 0 Å². The topological polar surface area (TPSA) is 38.7 Å². The normalized spacial score (nSPS) is 10.7. The lowest BCUT2D eigenvalue weighted by atomic mass is 10.0. The Labute approximate surface area is 141 Å². The highest BCUT2D eigenvalue weighted by molar-refractivity contribution is 7.99. The first-order valence-corrected chi connectivity index (χ1v) is 8.85. The third-order valence-corrected chi connectivity index (χ3v) is 4.41. The van der Waals surface area contributed by atoms with Gasteiger partial charge < -0.3 is 0 Å². The van der Waals surface area contributed by atoms with Gasteiger partial charge in [0.25, 0.3) is 0 Å². The number of hydrogen-bond acceptors (Lipinski definition) is 4. The van der Waals surface area contributed by atoms with E-state index in [0.29, 0.717) is 0 Å². The van der Waals surface area contributed by atoms with Crippen molar-refractivity contribution in [2.45, 2.75) is 24.9 Å². The second kappa shape index (κ2) is 7.88. The van der Waals surface area contributed by atoms with Crippen LogP contribution in [0, 0.1) is 0 Å². The monoisotopic (exact) mass is 321 g/mol. The highest BCUT2D eigenvalue weighted by atomic mass is 32.2. The molecule has 0 fully saturated rings. The van der Waals surface area contributed by atoms with Gasteiger partial charge in [-0.3, -0.25) is 0 Å². The molecule has 0 aliphatic carbocycles. The van der Waals surface area contributed by atoms with Gasteiger partial charge in [0.2, 0.25) is 5.16 Å². The van der Waals surface area contributed by atoms with E-state index < -0.39 is 0 Å². The van der Waals surface area contributed by atoms with Crippen molar-refractivity contribution in [3.63, 3.8) is 0 Å². The van der Waals surface area contributed by atoms with Crippen LogP contribution in [-0.4, -0.2) is 20.9 Å². The average Bonchev–Trinajstić information content (AvgIpc) is 2.63. The van der Waals surface area contributed by atoms with Crippen LogP contribution < -0.4 is 0 Å². The molecular weight excluding hydrogens is 302 g/mol. The Hall–Kier alpha value is -2.20. The summed E-state index contributed by atoms with van der Waals surface area (Å²) in [4.78, 5) is 4.78. The number of unbranched alkanes of at least 4 members (excludes halogenated alkanes) is 1. The summed E-state index contributed by atoms with van der Waals surface area (Å²) in [6.45, 7) is 2.19.